The number of urea groups is 1. The second-order valence-corrected chi connectivity index (χ2v) is 8.66. The third kappa shape index (κ3) is 5.45. The fraction of sp³-hybridized carbons (Fsp3) is 0.591. The first kappa shape index (κ1) is 22.4. The summed E-state index contributed by atoms with van der Waals surface area (Å²) >= 11 is 6.11. The quantitative estimate of drug-likeness (QED) is 0.743. The molecular weight excluding hydrogens is 406 g/mol. The molecule has 0 radical (unpaired) electrons. The Hall–Kier alpha value is -2.28. The van der Waals surface area contributed by atoms with Crippen molar-refractivity contribution in [3.8, 4) is 5.75 Å². The van der Waals surface area contributed by atoms with Crippen molar-refractivity contribution >= 4 is 29.4 Å². The summed E-state index contributed by atoms with van der Waals surface area (Å²) in [4.78, 5) is 39.3. The number of benzene rings is 1. The predicted molar refractivity (Wildman–Crippen MR) is 114 cm³/mol. The van der Waals surface area contributed by atoms with Crippen molar-refractivity contribution in [2.24, 2.45) is 11.8 Å². The van der Waals surface area contributed by atoms with Crippen LogP contribution in [0.25, 0.3) is 0 Å². The van der Waals surface area contributed by atoms with Crippen LogP contribution in [0.3, 0.4) is 0 Å². The predicted octanol–water partition coefficient (Wildman–Crippen LogP) is 3.14. The molecule has 1 heterocycles. The number of halogens is 1. The Labute approximate surface area is 182 Å². The van der Waals surface area contributed by atoms with E-state index >= 15 is 0 Å². The molecule has 30 heavy (non-hydrogen) atoms. The normalized spacial score (nSPS) is 21.6. The van der Waals surface area contributed by atoms with Crippen molar-refractivity contribution in [3.05, 3.63) is 28.8 Å². The first-order chi connectivity index (χ1) is 14.4. The Morgan fingerprint density at radius 3 is 2.73 bits per heavy atom. The molecule has 7 nitrogen and oxygen atoms in total. The highest BCUT2D eigenvalue weighted by Crippen LogP contribution is 2.28. The van der Waals surface area contributed by atoms with Crippen LogP contribution in [-0.2, 0) is 16.0 Å². The second-order valence-electron chi connectivity index (χ2n) is 8.22. The molecule has 164 valence electrons. The fourth-order valence-corrected chi connectivity index (χ4v) is 4.55. The summed E-state index contributed by atoms with van der Waals surface area (Å²) in [5.41, 5.74) is 0.760. The van der Waals surface area contributed by atoms with E-state index in [-0.39, 0.29) is 30.9 Å². The molecule has 4 amide bonds. The van der Waals surface area contributed by atoms with Gasteiger partial charge in [-0.1, -0.05) is 30.9 Å². The van der Waals surface area contributed by atoms with Crippen LogP contribution < -0.4 is 15.4 Å². The molecule has 0 aromatic heterocycles. The van der Waals surface area contributed by atoms with E-state index in [0.29, 0.717) is 23.1 Å². The summed E-state index contributed by atoms with van der Waals surface area (Å²) in [5, 5.41) is 6.23. The molecule has 0 bridgehead atoms. The van der Waals surface area contributed by atoms with Gasteiger partial charge in [0.1, 0.15) is 12.3 Å². The smallest absolute Gasteiger partial charge is 0.324 e. The lowest BCUT2D eigenvalue weighted by atomic mass is 9.84. The summed E-state index contributed by atoms with van der Waals surface area (Å²) in [6.07, 6.45) is 6.03. The molecule has 1 aromatic carbocycles. The standard InChI is InChI=1S/C22H30ClN3O4/c1-14(15-6-4-3-5-7-15)25-22(29)26-13-20(27)24-12-17(21(26)28)10-16-11-18(23)8-9-19(16)30-2/h8-9,11,14-15,17H,3-7,10,12-13H2,1-2H3,(H,24,27)(H,25,29). The van der Waals surface area contributed by atoms with Gasteiger partial charge in [0.15, 0.2) is 0 Å². The average molecular weight is 436 g/mol. The molecule has 2 atom stereocenters. The number of imide groups is 1. The molecule has 1 saturated heterocycles. The molecule has 2 fully saturated rings. The van der Waals surface area contributed by atoms with Crippen molar-refractivity contribution in [1.82, 2.24) is 15.5 Å². The zero-order valence-electron chi connectivity index (χ0n) is 17.6. The van der Waals surface area contributed by atoms with Gasteiger partial charge in [-0.15, -0.1) is 0 Å². The zero-order valence-corrected chi connectivity index (χ0v) is 18.3. The molecule has 1 aliphatic carbocycles. The van der Waals surface area contributed by atoms with Gasteiger partial charge < -0.3 is 15.4 Å². The largest absolute Gasteiger partial charge is 0.496 e. The van der Waals surface area contributed by atoms with E-state index in [1.807, 2.05) is 6.92 Å². The van der Waals surface area contributed by atoms with Gasteiger partial charge in [-0.3, -0.25) is 14.5 Å². The third-order valence-electron chi connectivity index (χ3n) is 6.12. The minimum Gasteiger partial charge on any atom is -0.496 e. The van der Waals surface area contributed by atoms with Gasteiger partial charge in [0.05, 0.1) is 13.0 Å². The first-order valence-corrected chi connectivity index (χ1v) is 11.0. The third-order valence-corrected chi connectivity index (χ3v) is 6.36. The highest BCUT2D eigenvalue weighted by atomic mass is 35.5. The maximum Gasteiger partial charge on any atom is 0.324 e. The molecule has 1 aromatic rings. The topological polar surface area (TPSA) is 87.7 Å². The van der Waals surface area contributed by atoms with Crippen molar-refractivity contribution in [2.75, 3.05) is 20.2 Å². The van der Waals surface area contributed by atoms with Crippen LogP contribution >= 0.6 is 11.6 Å². The lowest BCUT2D eigenvalue weighted by Crippen LogP contribution is -2.51. The molecule has 3 rings (SSSR count). The number of carbonyl (C=O) groups excluding carboxylic acids is 3. The van der Waals surface area contributed by atoms with E-state index in [4.69, 9.17) is 16.3 Å². The van der Waals surface area contributed by atoms with E-state index in [9.17, 15) is 14.4 Å². The van der Waals surface area contributed by atoms with Gasteiger partial charge in [-0.05, 0) is 55.9 Å². The Morgan fingerprint density at radius 2 is 2.03 bits per heavy atom. The number of ether oxygens (including phenoxy) is 1. The van der Waals surface area contributed by atoms with Gasteiger partial charge in [0.25, 0.3) is 0 Å². The van der Waals surface area contributed by atoms with Gasteiger partial charge >= 0.3 is 6.03 Å². The van der Waals surface area contributed by atoms with Crippen molar-refractivity contribution < 1.29 is 19.1 Å². The van der Waals surface area contributed by atoms with Crippen LogP contribution in [0, 0.1) is 11.8 Å². The number of nitrogens with zero attached hydrogens (tertiary/aromatic N) is 1. The number of hydrogen-bond donors (Lipinski definition) is 2. The molecule has 1 saturated carbocycles. The fourth-order valence-electron chi connectivity index (χ4n) is 4.35. The molecular formula is C22H30ClN3O4. The maximum absolute atomic E-state index is 13.2. The lowest BCUT2D eigenvalue weighted by molar-refractivity contribution is -0.133. The van der Waals surface area contributed by atoms with Gasteiger partial charge in [-0.2, -0.15) is 0 Å². The van der Waals surface area contributed by atoms with Crippen LogP contribution in [0.5, 0.6) is 5.75 Å². The first-order valence-electron chi connectivity index (χ1n) is 10.6. The van der Waals surface area contributed by atoms with Crippen LogP contribution in [0.2, 0.25) is 5.02 Å². The monoisotopic (exact) mass is 435 g/mol. The zero-order chi connectivity index (χ0) is 21.7. The van der Waals surface area contributed by atoms with Crippen LogP contribution in [0.4, 0.5) is 4.79 Å². The molecule has 2 aliphatic rings. The summed E-state index contributed by atoms with van der Waals surface area (Å²) in [5.74, 6) is -0.275. The average Bonchev–Trinajstić information content (AvgIpc) is 2.88. The van der Waals surface area contributed by atoms with E-state index in [1.54, 1.807) is 25.3 Å². The number of rotatable bonds is 5. The minimum atomic E-state index is -0.584. The molecule has 2 unspecified atom stereocenters. The maximum atomic E-state index is 13.2. The van der Waals surface area contributed by atoms with Gasteiger partial charge in [-0.25, -0.2) is 4.79 Å². The van der Waals surface area contributed by atoms with Gasteiger partial charge in [0, 0.05) is 17.6 Å². The molecule has 8 heteroatoms. The Balaban J connectivity index is 1.73. The second kappa shape index (κ2) is 10.2. The number of nitrogens with one attached hydrogen (secondary N) is 2. The van der Waals surface area contributed by atoms with Crippen LogP contribution in [0.15, 0.2) is 18.2 Å². The van der Waals surface area contributed by atoms with Crippen molar-refractivity contribution in [1.29, 1.82) is 0 Å². The summed E-state index contributed by atoms with van der Waals surface area (Å²) in [6.45, 7) is 1.87. The Morgan fingerprint density at radius 1 is 1.30 bits per heavy atom. The van der Waals surface area contributed by atoms with Crippen LogP contribution in [0.1, 0.15) is 44.6 Å². The molecule has 0 spiro atoms. The highest BCUT2D eigenvalue weighted by molar-refractivity contribution is 6.30. The van der Waals surface area contributed by atoms with E-state index < -0.39 is 11.9 Å². The van der Waals surface area contributed by atoms with Crippen molar-refractivity contribution in [3.63, 3.8) is 0 Å². The van der Waals surface area contributed by atoms with Crippen molar-refractivity contribution in [2.45, 2.75) is 51.5 Å². The SMILES string of the molecule is COc1ccc(Cl)cc1CC1CNC(=O)CN(C(=O)NC(C)C2CCCCC2)C1=O. The number of carbonyl (C=O) groups is 3. The highest BCUT2D eigenvalue weighted by Gasteiger charge is 2.35. The van der Waals surface area contributed by atoms with E-state index in [2.05, 4.69) is 10.6 Å². The number of hydrogen-bond acceptors (Lipinski definition) is 4. The molecule has 2 N–H and O–H groups in total. The molecule has 1 aliphatic heterocycles. The van der Waals surface area contributed by atoms with E-state index in [1.165, 1.54) is 19.3 Å². The summed E-state index contributed by atoms with van der Waals surface area (Å²) < 4.78 is 5.37. The number of methoxy groups -OCH3 is 1. The lowest BCUT2D eigenvalue weighted by Gasteiger charge is -2.30. The van der Waals surface area contributed by atoms with Gasteiger partial charge in [0.2, 0.25) is 11.8 Å². The van der Waals surface area contributed by atoms with E-state index in [0.717, 1.165) is 23.3 Å². The minimum absolute atomic E-state index is 0.0385. The summed E-state index contributed by atoms with van der Waals surface area (Å²) in [7, 11) is 1.55. The number of amides is 4. The van der Waals surface area contributed by atoms with Crippen LogP contribution in [-0.4, -0.2) is 49.0 Å². The summed E-state index contributed by atoms with van der Waals surface area (Å²) in [6, 6.07) is 4.66. The Bertz CT molecular complexity index is 795. The Kier molecular flexibility index (Phi) is 7.58.